The van der Waals surface area contributed by atoms with Crippen LogP contribution in [0.5, 0.6) is 5.75 Å². The molecule has 2 rings (SSSR count). The maximum absolute atomic E-state index is 12.3. The number of hydrogen-bond acceptors (Lipinski definition) is 2. The molecule has 0 radical (unpaired) electrons. The van der Waals surface area contributed by atoms with Gasteiger partial charge in [-0.1, -0.05) is 44.2 Å². The number of amides is 1. The zero-order chi connectivity index (χ0) is 18.6. The van der Waals surface area contributed by atoms with Crippen LogP contribution in [-0.4, -0.2) is 12.5 Å². The van der Waals surface area contributed by atoms with Crippen LogP contribution in [0.1, 0.15) is 60.5 Å². The van der Waals surface area contributed by atoms with E-state index in [-0.39, 0.29) is 18.6 Å². The number of carbonyl (C=O) groups is 1. The predicted octanol–water partition coefficient (Wildman–Crippen LogP) is 4.99. The summed E-state index contributed by atoms with van der Waals surface area (Å²) in [6.07, 6.45) is 0. The third kappa shape index (κ3) is 5.09. The molecule has 1 N–H and O–H groups in total. The minimum atomic E-state index is -0.109. The lowest BCUT2D eigenvalue weighted by atomic mass is 10.0. The summed E-state index contributed by atoms with van der Waals surface area (Å²) in [4.78, 5) is 12.3. The minimum absolute atomic E-state index is 0.0261. The molecule has 0 heterocycles. The van der Waals surface area contributed by atoms with Gasteiger partial charge in [-0.05, 0) is 67.5 Å². The Labute approximate surface area is 151 Å². The van der Waals surface area contributed by atoms with Gasteiger partial charge in [-0.2, -0.15) is 0 Å². The molecule has 3 heteroatoms. The topological polar surface area (TPSA) is 38.3 Å². The van der Waals surface area contributed by atoms with Gasteiger partial charge in [0.05, 0.1) is 6.04 Å². The second kappa shape index (κ2) is 8.19. The van der Waals surface area contributed by atoms with E-state index in [0.29, 0.717) is 5.92 Å². The van der Waals surface area contributed by atoms with Gasteiger partial charge in [-0.3, -0.25) is 4.79 Å². The Kier molecular flexibility index (Phi) is 6.24. The molecule has 2 aromatic rings. The standard InChI is InChI=1S/C22H29NO2/c1-14(2)20-10-7-15(3)11-21(20)25-13-22(24)23-18(6)19-9-8-16(4)17(5)12-19/h7-12,14,18H,13H2,1-6H3,(H,23,24)/t18-/m1/s1. The van der Waals surface area contributed by atoms with Crippen LogP contribution in [0.25, 0.3) is 0 Å². The molecule has 25 heavy (non-hydrogen) atoms. The van der Waals surface area contributed by atoms with Gasteiger partial charge in [0.15, 0.2) is 6.61 Å². The number of carbonyl (C=O) groups excluding carboxylic acids is 1. The average molecular weight is 339 g/mol. The quantitative estimate of drug-likeness (QED) is 0.805. The second-order valence-electron chi connectivity index (χ2n) is 7.12. The van der Waals surface area contributed by atoms with E-state index in [9.17, 15) is 4.79 Å². The molecule has 0 fully saturated rings. The van der Waals surface area contributed by atoms with Crippen LogP contribution in [0.2, 0.25) is 0 Å². The largest absolute Gasteiger partial charge is 0.483 e. The molecule has 0 spiro atoms. The van der Waals surface area contributed by atoms with Crippen LogP contribution in [0, 0.1) is 20.8 Å². The zero-order valence-corrected chi connectivity index (χ0v) is 16.1. The third-order valence-corrected chi connectivity index (χ3v) is 4.56. The fraction of sp³-hybridized carbons (Fsp3) is 0.409. The number of hydrogen-bond donors (Lipinski definition) is 1. The van der Waals surface area contributed by atoms with Gasteiger partial charge in [0.25, 0.3) is 5.91 Å². The SMILES string of the molecule is Cc1ccc(C(C)C)c(OCC(=O)N[C@H](C)c2ccc(C)c(C)c2)c1. The van der Waals surface area contributed by atoms with Crippen molar-refractivity contribution in [2.45, 2.75) is 53.5 Å². The van der Waals surface area contributed by atoms with Crippen LogP contribution in [0.3, 0.4) is 0 Å². The summed E-state index contributed by atoms with van der Waals surface area (Å²) >= 11 is 0. The fourth-order valence-corrected chi connectivity index (χ4v) is 2.79. The monoisotopic (exact) mass is 339 g/mol. The Morgan fingerprint density at radius 1 is 1.00 bits per heavy atom. The Balaban J connectivity index is 1.99. The molecule has 0 aliphatic carbocycles. The highest BCUT2D eigenvalue weighted by Crippen LogP contribution is 2.27. The maximum atomic E-state index is 12.3. The Hall–Kier alpha value is -2.29. The van der Waals surface area contributed by atoms with E-state index >= 15 is 0 Å². The van der Waals surface area contributed by atoms with Crippen molar-refractivity contribution in [2.24, 2.45) is 0 Å². The van der Waals surface area contributed by atoms with Crippen molar-refractivity contribution in [3.05, 3.63) is 64.2 Å². The molecule has 2 aromatic carbocycles. The van der Waals surface area contributed by atoms with Crippen molar-refractivity contribution >= 4 is 5.91 Å². The first-order valence-electron chi connectivity index (χ1n) is 8.87. The molecular weight excluding hydrogens is 310 g/mol. The Morgan fingerprint density at radius 3 is 2.36 bits per heavy atom. The molecule has 0 aliphatic rings. The molecule has 134 valence electrons. The summed E-state index contributed by atoms with van der Waals surface area (Å²) in [6.45, 7) is 12.5. The van der Waals surface area contributed by atoms with Gasteiger partial charge in [-0.15, -0.1) is 0 Å². The Bertz CT molecular complexity index is 750. The fourth-order valence-electron chi connectivity index (χ4n) is 2.79. The molecule has 0 saturated heterocycles. The molecule has 1 amide bonds. The smallest absolute Gasteiger partial charge is 0.258 e. The van der Waals surface area contributed by atoms with Gasteiger partial charge in [0.1, 0.15) is 5.75 Å². The van der Waals surface area contributed by atoms with Crippen molar-refractivity contribution < 1.29 is 9.53 Å². The average Bonchev–Trinajstić information content (AvgIpc) is 2.55. The first kappa shape index (κ1) is 19.0. The number of ether oxygens (including phenoxy) is 1. The molecule has 0 bridgehead atoms. The predicted molar refractivity (Wildman–Crippen MR) is 103 cm³/mol. The highest BCUT2D eigenvalue weighted by Gasteiger charge is 2.13. The van der Waals surface area contributed by atoms with Crippen LogP contribution in [0.15, 0.2) is 36.4 Å². The first-order chi connectivity index (χ1) is 11.8. The molecular formula is C22H29NO2. The molecule has 0 aliphatic heterocycles. The van der Waals surface area contributed by atoms with Gasteiger partial charge < -0.3 is 10.1 Å². The highest BCUT2D eigenvalue weighted by atomic mass is 16.5. The summed E-state index contributed by atoms with van der Waals surface area (Å²) in [5.74, 6) is 1.04. The highest BCUT2D eigenvalue weighted by molar-refractivity contribution is 5.78. The summed E-state index contributed by atoms with van der Waals surface area (Å²) in [5.41, 5.74) is 5.85. The van der Waals surface area contributed by atoms with Gasteiger partial charge in [0.2, 0.25) is 0 Å². The lowest BCUT2D eigenvalue weighted by molar-refractivity contribution is -0.123. The summed E-state index contributed by atoms with van der Waals surface area (Å²) in [7, 11) is 0. The van der Waals surface area contributed by atoms with Crippen LogP contribution in [0.4, 0.5) is 0 Å². The zero-order valence-electron chi connectivity index (χ0n) is 16.1. The summed E-state index contributed by atoms with van der Waals surface area (Å²) in [5, 5.41) is 3.01. The van der Waals surface area contributed by atoms with Crippen LogP contribution in [-0.2, 0) is 4.79 Å². The van der Waals surface area contributed by atoms with Gasteiger partial charge in [-0.25, -0.2) is 0 Å². The normalized spacial score (nSPS) is 12.1. The van der Waals surface area contributed by atoms with E-state index in [2.05, 4.69) is 63.3 Å². The van der Waals surface area contributed by atoms with Crippen molar-refractivity contribution in [2.75, 3.05) is 6.61 Å². The van der Waals surface area contributed by atoms with Crippen LogP contribution >= 0.6 is 0 Å². The first-order valence-corrected chi connectivity index (χ1v) is 8.87. The lowest BCUT2D eigenvalue weighted by Crippen LogP contribution is -2.31. The van der Waals surface area contributed by atoms with E-state index < -0.39 is 0 Å². The molecule has 0 saturated carbocycles. The van der Waals surface area contributed by atoms with Gasteiger partial charge in [0, 0.05) is 0 Å². The van der Waals surface area contributed by atoms with Crippen molar-refractivity contribution in [3.8, 4) is 5.75 Å². The van der Waals surface area contributed by atoms with Gasteiger partial charge >= 0.3 is 0 Å². The molecule has 3 nitrogen and oxygen atoms in total. The summed E-state index contributed by atoms with van der Waals surface area (Å²) in [6, 6.07) is 12.4. The number of aryl methyl sites for hydroxylation is 3. The van der Waals surface area contributed by atoms with E-state index in [0.717, 1.165) is 22.4 Å². The van der Waals surface area contributed by atoms with Crippen molar-refractivity contribution in [1.29, 1.82) is 0 Å². The Morgan fingerprint density at radius 2 is 1.72 bits per heavy atom. The molecule has 0 unspecified atom stereocenters. The number of benzene rings is 2. The van der Waals surface area contributed by atoms with E-state index in [1.807, 2.05) is 19.9 Å². The minimum Gasteiger partial charge on any atom is -0.483 e. The number of nitrogens with one attached hydrogen (secondary N) is 1. The number of rotatable bonds is 6. The lowest BCUT2D eigenvalue weighted by Gasteiger charge is -2.18. The molecule has 0 aromatic heterocycles. The second-order valence-corrected chi connectivity index (χ2v) is 7.12. The molecule has 1 atom stereocenters. The third-order valence-electron chi connectivity index (χ3n) is 4.56. The van der Waals surface area contributed by atoms with Crippen molar-refractivity contribution in [3.63, 3.8) is 0 Å². The van der Waals surface area contributed by atoms with E-state index in [1.165, 1.54) is 11.1 Å². The van der Waals surface area contributed by atoms with E-state index in [1.54, 1.807) is 0 Å². The maximum Gasteiger partial charge on any atom is 0.258 e. The van der Waals surface area contributed by atoms with Crippen molar-refractivity contribution in [1.82, 2.24) is 5.32 Å². The van der Waals surface area contributed by atoms with E-state index in [4.69, 9.17) is 4.74 Å². The summed E-state index contributed by atoms with van der Waals surface area (Å²) < 4.78 is 5.81. The van der Waals surface area contributed by atoms with Crippen LogP contribution < -0.4 is 10.1 Å².